The fourth-order valence-corrected chi connectivity index (χ4v) is 3.57. The van der Waals surface area contributed by atoms with Crippen molar-refractivity contribution in [2.24, 2.45) is 16.3 Å². The van der Waals surface area contributed by atoms with Gasteiger partial charge in [0.15, 0.2) is 5.96 Å². The summed E-state index contributed by atoms with van der Waals surface area (Å²) in [6.07, 6.45) is 2.40. The summed E-state index contributed by atoms with van der Waals surface area (Å²) >= 11 is 0. The number of para-hydroxylation sites is 1. The van der Waals surface area contributed by atoms with Crippen molar-refractivity contribution >= 4 is 35.6 Å². The molecule has 0 saturated carbocycles. The monoisotopic (exact) mass is 504 g/mol. The van der Waals surface area contributed by atoms with E-state index in [1.54, 1.807) is 18.2 Å². The number of hydrogen-bond donors (Lipinski definition) is 2. The minimum atomic E-state index is -0.363. The van der Waals surface area contributed by atoms with Crippen LogP contribution in [0, 0.1) is 21.4 Å². The summed E-state index contributed by atoms with van der Waals surface area (Å²) in [5.41, 5.74) is 0.797. The zero-order chi connectivity index (χ0) is 19.9. The van der Waals surface area contributed by atoms with Gasteiger partial charge in [0.2, 0.25) is 0 Å². The van der Waals surface area contributed by atoms with E-state index >= 15 is 0 Å². The molecule has 1 fully saturated rings. The average Bonchev–Trinajstić information content (AvgIpc) is 2.63. The second-order valence-electron chi connectivity index (χ2n) is 8.02. The zero-order valence-corrected chi connectivity index (χ0v) is 19.6. The lowest BCUT2D eigenvalue weighted by Gasteiger charge is -2.40. The van der Waals surface area contributed by atoms with Crippen molar-refractivity contribution in [3.8, 4) is 0 Å². The van der Waals surface area contributed by atoms with Crippen LogP contribution in [0.2, 0.25) is 0 Å². The molecule has 8 heteroatoms. The number of hydrogen-bond acceptors (Lipinski definition) is 4. The Morgan fingerprint density at radius 2 is 2.04 bits per heavy atom. The third-order valence-corrected chi connectivity index (χ3v) is 4.77. The summed E-state index contributed by atoms with van der Waals surface area (Å²) in [5, 5.41) is 17.8. The summed E-state index contributed by atoms with van der Waals surface area (Å²) in [6.45, 7) is 11.2. The van der Waals surface area contributed by atoms with Crippen molar-refractivity contribution < 1.29 is 9.66 Å². The summed E-state index contributed by atoms with van der Waals surface area (Å²) in [7, 11) is 0. The van der Waals surface area contributed by atoms with Crippen LogP contribution in [0.1, 0.15) is 46.1 Å². The third kappa shape index (κ3) is 7.20. The van der Waals surface area contributed by atoms with E-state index in [9.17, 15) is 10.1 Å². The smallest absolute Gasteiger partial charge is 0.274 e. The Balaban J connectivity index is 0.00000392. The Labute approximate surface area is 184 Å². The molecule has 1 aliphatic rings. The van der Waals surface area contributed by atoms with Crippen LogP contribution in [-0.4, -0.2) is 36.7 Å². The van der Waals surface area contributed by atoms with Gasteiger partial charge in [0.05, 0.1) is 23.1 Å². The van der Waals surface area contributed by atoms with E-state index in [1.807, 2.05) is 6.92 Å². The number of guanidine groups is 1. The maximum absolute atomic E-state index is 11.2. The highest BCUT2D eigenvalue weighted by Crippen LogP contribution is 2.33. The third-order valence-electron chi connectivity index (χ3n) is 4.77. The first kappa shape index (κ1) is 24.6. The van der Waals surface area contributed by atoms with E-state index < -0.39 is 0 Å². The number of nitrogens with zero attached hydrogens (tertiary/aromatic N) is 2. The quantitative estimate of drug-likeness (QED) is 0.200. The number of nitro benzene ring substituents is 1. The number of nitro groups is 1. The first-order valence-corrected chi connectivity index (χ1v) is 9.69. The second-order valence-corrected chi connectivity index (χ2v) is 8.02. The highest BCUT2D eigenvalue weighted by molar-refractivity contribution is 14.0. The Morgan fingerprint density at radius 1 is 1.32 bits per heavy atom. The van der Waals surface area contributed by atoms with E-state index in [1.165, 1.54) is 6.07 Å². The van der Waals surface area contributed by atoms with Crippen LogP contribution in [0.5, 0.6) is 0 Å². The highest BCUT2D eigenvalue weighted by atomic mass is 127. The lowest BCUT2D eigenvalue weighted by Crippen LogP contribution is -2.47. The molecule has 2 N–H and O–H groups in total. The number of nitrogens with one attached hydrogen (secondary N) is 2. The average molecular weight is 504 g/mol. The molecule has 2 rings (SSSR count). The van der Waals surface area contributed by atoms with Gasteiger partial charge in [0.1, 0.15) is 0 Å². The van der Waals surface area contributed by atoms with Crippen LogP contribution in [0.25, 0.3) is 0 Å². The van der Waals surface area contributed by atoms with Gasteiger partial charge in [0, 0.05) is 31.7 Å². The Morgan fingerprint density at radius 3 is 2.68 bits per heavy atom. The SMILES string of the molecule is CCNC(=NCc1ccccc1[N+](=O)[O-])NCC1CCCOC1C(C)(C)C.I. The molecule has 28 heavy (non-hydrogen) atoms. The van der Waals surface area contributed by atoms with E-state index in [4.69, 9.17) is 4.74 Å². The molecule has 0 aromatic heterocycles. The normalized spacial score (nSPS) is 20.2. The number of aliphatic imine (C=N–C) groups is 1. The van der Waals surface area contributed by atoms with Crippen LogP contribution in [0.4, 0.5) is 5.69 Å². The fourth-order valence-electron chi connectivity index (χ4n) is 3.57. The Kier molecular flexibility index (Phi) is 10.2. The van der Waals surface area contributed by atoms with Gasteiger partial charge in [-0.1, -0.05) is 39.0 Å². The molecule has 1 saturated heterocycles. The maximum atomic E-state index is 11.2. The van der Waals surface area contributed by atoms with Gasteiger partial charge in [-0.05, 0) is 25.2 Å². The molecule has 2 atom stereocenters. The first-order chi connectivity index (χ1) is 12.8. The van der Waals surface area contributed by atoms with E-state index in [2.05, 4.69) is 36.4 Å². The molecule has 0 aliphatic carbocycles. The van der Waals surface area contributed by atoms with Crippen molar-refractivity contribution in [1.29, 1.82) is 0 Å². The molecular weight excluding hydrogens is 471 g/mol. The molecule has 2 unspecified atom stereocenters. The minimum Gasteiger partial charge on any atom is -0.377 e. The van der Waals surface area contributed by atoms with Crippen molar-refractivity contribution in [1.82, 2.24) is 10.6 Å². The van der Waals surface area contributed by atoms with Crippen molar-refractivity contribution in [3.63, 3.8) is 0 Å². The molecular formula is C20H33IN4O3. The van der Waals surface area contributed by atoms with Crippen LogP contribution in [0.3, 0.4) is 0 Å². The molecule has 7 nitrogen and oxygen atoms in total. The molecule has 0 amide bonds. The van der Waals surface area contributed by atoms with E-state index in [0.29, 0.717) is 17.4 Å². The minimum absolute atomic E-state index is 0. The van der Waals surface area contributed by atoms with Crippen molar-refractivity contribution in [3.05, 3.63) is 39.9 Å². The summed E-state index contributed by atoms with van der Waals surface area (Å²) in [6, 6.07) is 6.73. The Hall–Kier alpha value is -1.42. The fraction of sp³-hybridized carbons (Fsp3) is 0.650. The summed E-state index contributed by atoms with van der Waals surface area (Å²) < 4.78 is 6.04. The largest absolute Gasteiger partial charge is 0.377 e. The molecule has 1 aromatic carbocycles. The standard InChI is InChI=1S/C20H32N4O3.HI/c1-5-21-19(22-13-15-9-6-7-11-17(15)24(25)26)23-14-16-10-8-12-27-18(16)20(2,3)4;/h6-7,9,11,16,18H,5,8,10,12-14H2,1-4H3,(H2,21,22,23);1H. The number of halogens is 1. The number of benzene rings is 1. The Bertz CT molecular complexity index is 661. The number of ether oxygens (including phenoxy) is 1. The molecule has 1 heterocycles. The van der Waals surface area contributed by atoms with Crippen LogP contribution in [-0.2, 0) is 11.3 Å². The van der Waals surface area contributed by atoms with Gasteiger partial charge in [-0.2, -0.15) is 0 Å². The molecule has 0 bridgehead atoms. The van der Waals surface area contributed by atoms with Gasteiger partial charge in [-0.25, -0.2) is 4.99 Å². The molecule has 1 aliphatic heterocycles. The molecule has 0 spiro atoms. The predicted octanol–water partition coefficient (Wildman–Crippen LogP) is 4.11. The van der Waals surface area contributed by atoms with E-state index in [-0.39, 0.29) is 52.7 Å². The summed E-state index contributed by atoms with van der Waals surface area (Å²) in [5.74, 6) is 1.09. The molecule has 0 radical (unpaired) electrons. The molecule has 158 valence electrons. The molecule has 1 aromatic rings. The van der Waals surface area contributed by atoms with Crippen LogP contribution < -0.4 is 10.6 Å². The topological polar surface area (TPSA) is 88.8 Å². The van der Waals surface area contributed by atoms with Gasteiger partial charge in [0.25, 0.3) is 5.69 Å². The predicted molar refractivity (Wildman–Crippen MR) is 123 cm³/mol. The van der Waals surface area contributed by atoms with Crippen molar-refractivity contribution in [2.45, 2.75) is 53.2 Å². The van der Waals surface area contributed by atoms with Crippen molar-refractivity contribution in [2.75, 3.05) is 19.7 Å². The first-order valence-electron chi connectivity index (χ1n) is 9.69. The van der Waals surface area contributed by atoms with Crippen LogP contribution in [0.15, 0.2) is 29.3 Å². The summed E-state index contributed by atoms with van der Waals surface area (Å²) in [4.78, 5) is 15.4. The van der Waals surface area contributed by atoms with E-state index in [0.717, 1.165) is 32.5 Å². The van der Waals surface area contributed by atoms with Crippen LogP contribution >= 0.6 is 24.0 Å². The lowest BCUT2D eigenvalue weighted by atomic mass is 9.78. The second kappa shape index (κ2) is 11.5. The van der Waals surface area contributed by atoms with Gasteiger partial charge < -0.3 is 15.4 Å². The number of rotatable bonds is 6. The van der Waals surface area contributed by atoms with Gasteiger partial charge in [-0.15, -0.1) is 24.0 Å². The van der Waals surface area contributed by atoms with Gasteiger partial charge in [-0.3, -0.25) is 10.1 Å². The maximum Gasteiger partial charge on any atom is 0.274 e. The lowest BCUT2D eigenvalue weighted by molar-refractivity contribution is -0.385. The zero-order valence-electron chi connectivity index (χ0n) is 17.2. The van der Waals surface area contributed by atoms with Gasteiger partial charge >= 0.3 is 0 Å². The highest BCUT2D eigenvalue weighted by Gasteiger charge is 2.35.